The maximum absolute atomic E-state index is 11.8. The Balaban J connectivity index is 2.77. The van der Waals surface area contributed by atoms with Gasteiger partial charge in [0, 0.05) is 13.6 Å². The Kier molecular flexibility index (Phi) is 3.33. The van der Waals surface area contributed by atoms with Crippen LogP contribution in [-0.2, 0) is 20.1 Å². The van der Waals surface area contributed by atoms with E-state index in [1.54, 1.807) is 11.6 Å². The highest BCUT2D eigenvalue weighted by Crippen LogP contribution is 2.09. The molecule has 0 atom stereocenters. The summed E-state index contributed by atoms with van der Waals surface area (Å²) in [4.78, 5) is 30.2. The van der Waals surface area contributed by atoms with Gasteiger partial charge in [-0.3, -0.25) is 14.3 Å². The van der Waals surface area contributed by atoms with Crippen LogP contribution in [0.4, 0.5) is 0 Å². The Hall–Kier alpha value is -1.89. The average Bonchev–Trinajstić information content (AvgIpc) is 2.66. The number of nitrogens with two attached hydrogens (primary N) is 1. The largest absolute Gasteiger partial charge is 0.330 e. The highest BCUT2D eigenvalue weighted by Gasteiger charge is 2.15. The fourth-order valence-electron chi connectivity index (χ4n) is 2.00. The number of rotatable bonds is 4. The van der Waals surface area contributed by atoms with E-state index in [0.717, 1.165) is 12.8 Å². The van der Waals surface area contributed by atoms with Crippen molar-refractivity contribution in [2.24, 2.45) is 12.8 Å². The molecule has 0 spiro atoms. The van der Waals surface area contributed by atoms with E-state index in [-0.39, 0.29) is 6.54 Å². The highest BCUT2D eigenvalue weighted by molar-refractivity contribution is 5.70. The van der Waals surface area contributed by atoms with Crippen molar-refractivity contribution >= 4 is 11.2 Å². The molecular formula is C11H17N5O2. The van der Waals surface area contributed by atoms with Gasteiger partial charge < -0.3 is 10.3 Å². The summed E-state index contributed by atoms with van der Waals surface area (Å²) in [6, 6.07) is 0. The molecule has 0 aromatic carbocycles. The van der Waals surface area contributed by atoms with Crippen LogP contribution in [0.2, 0.25) is 0 Å². The van der Waals surface area contributed by atoms with Crippen LogP contribution in [0.25, 0.3) is 11.2 Å². The summed E-state index contributed by atoms with van der Waals surface area (Å²) in [5, 5.41) is 0. The molecule has 2 heterocycles. The fraction of sp³-hybridized carbons (Fsp3) is 0.545. The van der Waals surface area contributed by atoms with Gasteiger partial charge in [0.15, 0.2) is 11.2 Å². The van der Waals surface area contributed by atoms with Gasteiger partial charge in [-0.05, 0) is 6.42 Å². The smallest absolute Gasteiger partial charge is 0.324 e. The summed E-state index contributed by atoms with van der Waals surface area (Å²) in [6.45, 7) is 2.81. The number of imidazole rings is 1. The van der Waals surface area contributed by atoms with Crippen molar-refractivity contribution in [2.75, 3.05) is 0 Å². The summed E-state index contributed by atoms with van der Waals surface area (Å²) in [7, 11) is 1.72. The Morgan fingerprint density at radius 3 is 2.72 bits per heavy atom. The Labute approximate surface area is 103 Å². The number of hydrogen-bond donors (Lipinski definition) is 2. The summed E-state index contributed by atoms with van der Waals surface area (Å²) < 4.78 is 3.13. The normalized spacial score (nSPS) is 11.3. The molecule has 18 heavy (non-hydrogen) atoms. The van der Waals surface area contributed by atoms with Crippen LogP contribution in [0.1, 0.15) is 25.6 Å². The van der Waals surface area contributed by atoms with Gasteiger partial charge in [-0.15, -0.1) is 0 Å². The number of aryl methyl sites for hydroxylation is 2. The van der Waals surface area contributed by atoms with Crippen molar-refractivity contribution in [3.05, 3.63) is 26.7 Å². The van der Waals surface area contributed by atoms with Gasteiger partial charge in [0.1, 0.15) is 5.82 Å². The quantitative estimate of drug-likeness (QED) is 0.778. The third kappa shape index (κ3) is 1.86. The standard InChI is InChI=1S/C11H17N5O2/c1-3-4-5-16-9-8(10(17)14-11(16)18)15(2)7(6-12)13-9/h3-6,12H2,1-2H3,(H,14,17,18). The van der Waals surface area contributed by atoms with Crippen molar-refractivity contribution in [2.45, 2.75) is 32.9 Å². The lowest BCUT2D eigenvalue weighted by atomic mass is 10.3. The molecule has 0 fully saturated rings. The molecule has 2 aromatic heterocycles. The van der Waals surface area contributed by atoms with E-state index in [0.29, 0.717) is 23.5 Å². The van der Waals surface area contributed by atoms with Crippen molar-refractivity contribution < 1.29 is 0 Å². The van der Waals surface area contributed by atoms with E-state index in [2.05, 4.69) is 9.97 Å². The van der Waals surface area contributed by atoms with Crippen LogP contribution in [0.15, 0.2) is 9.59 Å². The summed E-state index contributed by atoms with van der Waals surface area (Å²) in [5.41, 5.74) is 5.55. The van der Waals surface area contributed by atoms with Crippen molar-refractivity contribution in [1.82, 2.24) is 19.1 Å². The number of nitrogens with zero attached hydrogens (tertiary/aromatic N) is 3. The van der Waals surface area contributed by atoms with Gasteiger partial charge in [0.25, 0.3) is 5.56 Å². The Morgan fingerprint density at radius 1 is 1.39 bits per heavy atom. The zero-order valence-corrected chi connectivity index (χ0v) is 10.6. The van der Waals surface area contributed by atoms with E-state index in [1.807, 2.05) is 6.92 Å². The molecule has 98 valence electrons. The number of aromatic amines is 1. The lowest BCUT2D eigenvalue weighted by molar-refractivity contribution is 0.613. The maximum Gasteiger partial charge on any atom is 0.330 e. The minimum absolute atomic E-state index is 0.229. The van der Waals surface area contributed by atoms with Crippen LogP contribution in [0.3, 0.4) is 0 Å². The number of aromatic nitrogens is 4. The van der Waals surface area contributed by atoms with Gasteiger partial charge in [0.05, 0.1) is 6.54 Å². The Morgan fingerprint density at radius 2 is 2.11 bits per heavy atom. The SMILES string of the molecule is CCCCn1c(=O)[nH]c(=O)c2c1nc(CN)n2C. The molecule has 0 aliphatic heterocycles. The summed E-state index contributed by atoms with van der Waals surface area (Å²) >= 11 is 0. The van der Waals surface area contributed by atoms with Crippen molar-refractivity contribution in [3.8, 4) is 0 Å². The van der Waals surface area contributed by atoms with E-state index in [9.17, 15) is 9.59 Å². The number of H-pyrrole nitrogens is 1. The molecule has 0 bridgehead atoms. The third-order valence-electron chi connectivity index (χ3n) is 3.02. The molecule has 0 aliphatic rings. The van der Waals surface area contributed by atoms with Crippen LogP contribution in [0, 0.1) is 0 Å². The average molecular weight is 251 g/mol. The minimum atomic E-state index is -0.419. The molecule has 0 unspecified atom stereocenters. The van der Waals surface area contributed by atoms with Gasteiger partial charge in [-0.1, -0.05) is 13.3 Å². The Bertz CT molecular complexity index is 679. The second kappa shape index (κ2) is 4.77. The zero-order valence-electron chi connectivity index (χ0n) is 10.6. The lowest BCUT2D eigenvalue weighted by Gasteiger charge is -2.04. The molecule has 3 N–H and O–H groups in total. The predicted molar refractivity (Wildman–Crippen MR) is 68.4 cm³/mol. The van der Waals surface area contributed by atoms with Crippen molar-refractivity contribution in [3.63, 3.8) is 0 Å². The maximum atomic E-state index is 11.8. The molecule has 0 saturated heterocycles. The summed E-state index contributed by atoms with van der Waals surface area (Å²) in [5.74, 6) is 0.589. The lowest BCUT2D eigenvalue weighted by Crippen LogP contribution is -2.31. The zero-order chi connectivity index (χ0) is 13.3. The van der Waals surface area contributed by atoms with Gasteiger partial charge >= 0.3 is 5.69 Å². The molecule has 0 aliphatic carbocycles. The van der Waals surface area contributed by atoms with Gasteiger partial charge in [-0.2, -0.15) is 0 Å². The molecule has 0 radical (unpaired) electrons. The number of nitrogens with one attached hydrogen (secondary N) is 1. The van der Waals surface area contributed by atoms with E-state index < -0.39 is 11.2 Å². The predicted octanol–water partition coefficient (Wildman–Crippen LogP) is -0.318. The first kappa shape index (κ1) is 12.6. The molecule has 2 rings (SSSR count). The topological polar surface area (TPSA) is 98.7 Å². The van der Waals surface area contributed by atoms with Crippen LogP contribution < -0.4 is 17.0 Å². The van der Waals surface area contributed by atoms with Crippen LogP contribution in [0.5, 0.6) is 0 Å². The molecule has 0 saturated carbocycles. The number of unbranched alkanes of at least 4 members (excludes halogenated alkanes) is 1. The number of fused-ring (bicyclic) bond motifs is 1. The number of hydrogen-bond acceptors (Lipinski definition) is 4. The first-order valence-electron chi connectivity index (χ1n) is 5.98. The second-order valence-electron chi connectivity index (χ2n) is 4.23. The first-order chi connectivity index (χ1) is 8.60. The van der Waals surface area contributed by atoms with Crippen LogP contribution >= 0.6 is 0 Å². The molecule has 2 aromatic rings. The minimum Gasteiger partial charge on any atom is -0.324 e. The fourth-order valence-corrected chi connectivity index (χ4v) is 2.00. The van der Waals surface area contributed by atoms with Gasteiger partial charge in [-0.25, -0.2) is 9.78 Å². The van der Waals surface area contributed by atoms with Crippen LogP contribution in [-0.4, -0.2) is 19.1 Å². The highest BCUT2D eigenvalue weighted by atomic mass is 16.2. The molecule has 7 heteroatoms. The van der Waals surface area contributed by atoms with E-state index in [4.69, 9.17) is 5.73 Å². The monoisotopic (exact) mass is 251 g/mol. The first-order valence-corrected chi connectivity index (χ1v) is 5.98. The molecule has 0 amide bonds. The second-order valence-corrected chi connectivity index (χ2v) is 4.23. The van der Waals surface area contributed by atoms with E-state index >= 15 is 0 Å². The third-order valence-corrected chi connectivity index (χ3v) is 3.02. The van der Waals surface area contributed by atoms with Crippen molar-refractivity contribution in [1.29, 1.82) is 0 Å². The summed E-state index contributed by atoms with van der Waals surface area (Å²) in [6.07, 6.45) is 1.82. The van der Waals surface area contributed by atoms with Gasteiger partial charge in [0.2, 0.25) is 0 Å². The van der Waals surface area contributed by atoms with E-state index in [1.165, 1.54) is 4.57 Å². The molecular weight excluding hydrogens is 234 g/mol. The molecule has 7 nitrogen and oxygen atoms in total.